The van der Waals surface area contributed by atoms with Gasteiger partial charge in [0.05, 0.1) is 23.4 Å². The highest BCUT2D eigenvalue weighted by Crippen LogP contribution is 2.76. The highest BCUT2D eigenvalue weighted by Gasteiger charge is 2.63. The van der Waals surface area contributed by atoms with Crippen LogP contribution in [0.1, 0.15) is 98.8 Å². The van der Waals surface area contributed by atoms with Gasteiger partial charge >= 0.3 is 12.1 Å². The molecule has 2 aromatic heterocycles. The highest BCUT2D eigenvalue weighted by molar-refractivity contribution is 6.02. The van der Waals surface area contributed by atoms with Crippen molar-refractivity contribution in [1.82, 2.24) is 20.1 Å². The SMILES string of the molecule is C[C@H]1CCc2cc(-c3c(C4CC45CC5)ccc4[nH]ncc34)c(F)c3cc(OC[C@@]45CCCN4C[C@H](F)C5)cc(c23)C1[C@@H](C)c1cc(F)cnc1N.O=C(O)C(F)(F)F. The van der Waals surface area contributed by atoms with Crippen LogP contribution < -0.4 is 10.5 Å². The number of alkyl halides is 4. The maximum absolute atomic E-state index is 17.7. The highest BCUT2D eigenvalue weighted by atomic mass is 19.4. The number of hydrogen-bond acceptors (Lipinski definition) is 6. The summed E-state index contributed by atoms with van der Waals surface area (Å²) >= 11 is 0. The fourth-order valence-electron chi connectivity index (χ4n) is 10.8. The van der Waals surface area contributed by atoms with Gasteiger partial charge in [0.2, 0.25) is 0 Å². The van der Waals surface area contributed by atoms with Gasteiger partial charge in [-0.2, -0.15) is 18.3 Å². The molecule has 1 spiro atoms. The van der Waals surface area contributed by atoms with Crippen molar-refractivity contribution in [2.24, 2.45) is 11.3 Å². The van der Waals surface area contributed by atoms with Crippen LogP contribution in [-0.4, -0.2) is 68.7 Å². The normalized spacial score (nSPS) is 26.3. The molecule has 0 amide bonds. The molecule has 5 aliphatic rings. The van der Waals surface area contributed by atoms with Gasteiger partial charge in [-0.05, 0) is 139 Å². The predicted molar refractivity (Wildman–Crippen MR) is 208 cm³/mol. The van der Waals surface area contributed by atoms with Gasteiger partial charge in [0.15, 0.2) is 0 Å². The Morgan fingerprint density at radius 1 is 1.09 bits per heavy atom. The second-order valence-electron chi connectivity index (χ2n) is 17.4. The number of ether oxygens (including phenoxy) is 1. The number of halogens is 6. The molecule has 4 heterocycles. The Balaban J connectivity index is 0.000000573. The number of carboxylic acids is 1. The van der Waals surface area contributed by atoms with Crippen LogP contribution in [0.15, 0.2) is 48.8 Å². The van der Waals surface area contributed by atoms with E-state index in [4.69, 9.17) is 20.4 Å². The van der Waals surface area contributed by atoms with Gasteiger partial charge in [-0.1, -0.05) is 19.9 Å². The van der Waals surface area contributed by atoms with E-state index in [2.05, 4.69) is 58.2 Å². The Kier molecular flexibility index (Phi) is 9.25. The molecule has 4 fully saturated rings. The number of H-pyrrole nitrogens is 1. The number of nitrogen functional groups attached to an aromatic ring is 1. The van der Waals surface area contributed by atoms with Crippen LogP contribution in [0, 0.1) is 23.0 Å². The van der Waals surface area contributed by atoms with Crippen molar-refractivity contribution in [2.45, 2.75) is 101 Å². The third kappa shape index (κ3) is 6.55. The molecule has 10 rings (SSSR count). The number of anilines is 1. The molecule has 6 atom stereocenters. The Morgan fingerprint density at radius 2 is 1.86 bits per heavy atom. The van der Waals surface area contributed by atoms with Crippen molar-refractivity contribution in [3.05, 3.63) is 82.7 Å². The molecule has 8 nitrogen and oxygen atoms in total. The summed E-state index contributed by atoms with van der Waals surface area (Å²) in [5.74, 6) is -2.26. The zero-order chi connectivity index (χ0) is 40.9. The summed E-state index contributed by atoms with van der Waals surface area (Å²) in [6.45, 7) is 5.98. The third-order valence-electron chi connectivity index (χ3n) is 13.9. The number of nitrogens with one attached hydrogen (secondary N) is 1. The summed E-state index contributed by atoms with van der Waals surface area (Å²) < 4.78 is 85.5. The summed E-state index contributed by atoms with van der Waals surface area (Å²) in [4.78, 5) is 15.3. The number of hydrogen-bond donors (Lipinski definition) is 3. The fraction of sp³-hybridized carbons (Fsp3) is 0.477. The maximum Gasteiger partial charge on any atom is 0.490 e. The smallest absolute Gasteiger partial charge is 0.490 e. The number of carboxylic acid groups (broad SMARTS) is 1. The lowest BCUT2D eigenvalue weighted by atomic mass is 9.74. The molecule has 14 heteroatoms. The van der Waals surface area contributed by atoms with E-state index in [-0.39, 0.29) is 29.1 Å². The van der Waals surface area contributed by atoms with E-state index in [0.717, 1.165) is 77.8 Å². The largest absolute Gasteiger partial charge is 0.492 e. The van der Waals surface area contributed by atoms with E-state index in [1.54, 1.807) is 0 Å². The number of aromatic nitrogens is 3. The van der Waals surface area contributed by atoms with E-state index >= 15 is 4.39 Å². The standard InChI is InChI=1S/C42H44F3N5O.C2HF3O2/c1-22-4-5-24-12-31(38-28(34-17-41(34)9-10-41)6-7-35-33(38)19-48-49-35)39(45)32-15-27(51-21-42-8-3-11-50(42)20-26(44)16-42)14-30(37(24)32)36(22)23(2)29-13-25(43)18-47-40(29)46;3-2(4,5)1(6)7/h6-7,12-15,18-19,22-23,26,34,36H,3-5,8-11,16-17,20-21H2,1-2H3,(H2,46,47)(H,48,49);(H,6,7)/t22-,23-,26+,34?,36?,42-;/m0./s1. The van der Waals surface area contributed by atoms with Crippen molar-refractivity contribution in [1.29, 1.82) is 0 Å². The van der Waals surface area contributed by atoms with Crippen LogP contribution in [-0.2, 0) is 11.2 Å². The van der Waals surface area contributed by atoms with Gasteiger partial charge in [-0.25, -0.2) is 22.9 Å². The lowest BCUT2D eigenvalue weighted by Gasteiger charge is -2.33. The summed E-state index contributed by atoms with van der Waals surface area (Å²) in [6, 6.07) is 11.8. The first kappa shape index (κ1) is 38.7. The third-order valence-corrected chi connectivity index (χ3v) is 13.9. The Labute approximate surface area is 331 Å². The zero-order valence-corrected chi connectivity index (χ0v) is 32.2. The molecule has 3 aromatic carbocycles. The zero-order valence-electron chi connectivity index (χ0n) is 32.2. The number of carbonyl (C=O) groups is 1. The van der Waals surface area contributed by atoms with Gasteiger partial charge in [-0.15, -0.1) is 0 Å². The van der Waals surface area contributed by atoms with Crippen LogP contribution >= 0.6 is 0 Å². The average Bonchev–Trinajstić information content (AvgIpc) is 3.95. The molecule has 5 aromatic rings. The predicted octanol–water partition coefficient (Wildman–Crippen LogP) is 9.96. The molecule has 2 saturated heterocycles. The van der Waals surface area contributed by atoms with Gasteiger partial charge in [0, 0.05) is 34.9 Å². The lowest BCUT2D eigenvalue weighted by molar-refractivity contribution is -0.192. The van der Waals surface area contributed by atoms with Crippen LogP contribution in [0.5, 0.6) is 5.75 Å². The molecule has 2 saturated carbocycles. The number of fused-ring (bicyclic) bond motifs is 2. The summed E-state index contributed by atoms with van der Waals surface area (Å²) in [6.07, 6.45) is 4.68. The lowest BCUT2D eigenvalue weighted by Crippen LogP contribution is -2.43. The van der Waals surface area contributed by atoms with Crippen LogP contribution in [0.25, 0.3) is 32.8 Å². The van der Waals surface area contributed by atoms with Crippen LogP contribution in [0.2, 0.25) is 0 Å². The monoisotopic (exact) mass is 805 g/mol. The Morgan fingerprint density at radius 3 is 2.59 bits per heavy atom. The first-order valence-corrected chi connectivity index (χ1v) is 20.1. The molecule has 0 radical (unpaired) electrons. The van der Waals surface area contributed by atoms with Crippen molar-refractivity contribution in [3.8, 4) is 16.9 Å². The number of rotatable bonds is 7. The minimum atomic E-state index is -5.08. The first-order chi connectivity index (χ1) is 27.6. The van der Waals surface area contributed by atoms with Gasteiger partial charge < -0.3 is 15.6 Å². The minimum Gasteiger partial charge on any atom is -0.492 e. The molecule has 4 N–H and O–H groups in total. The average molecular weight is 806 g/mol. The van der Waals surface area contributed by atoms with Gasteiger partial charge in [0.1, 0.15) is 36.0 Å². The fourth-order valence-corrected chi connectivity index (χ4v) is 10.8. The van der Waals surface area contributed by atoms with E-state index < -0.39 is 24.1 Å². The number of aryl methyl sites for hydroxylation is 1. The second-order valence-corrected chi connectivity index (χ2v) is 17.4. The summed E-state index contributed by atoms with van der Waals surface area (Å²) in [5, 5.41) is 17.0. The minimum absolute atomic E-state index is 0.106. The Hall–Kier alpha value is -4.85. The van der Waals surface area contributed by atoms with Crippen molar-refractivity contribution >= 4 is 33.5 Å². The quantitative estimate of drug-likeness (QED) is 0.140. The number of nitrogens with two attached hydrogens (primary N) is 1. The van der Waals surface area contributed by atoms with E-state index in [1.807, 2.05) is 12.3 Å². The van der Waals surface area contributed by atoms with Gasteiger partial charge in [-0.3, -0.25) is 10.00 Å². The van der Waals surface area contributed by atoms with Crippen molar-refractivity contribution in [3.63, 3.8) is 0 Å². The molecular formula is C44H45F6N5O3. The van der Waals surface area contributed by atoms with Crippen LogP contribution in [0.3, 0.4) is 0 Å². The molecule has 306 valence electrons. The number of nitrogens with zero attached hydrogens (tertiary/aromatic N) is 3. The number of aliphatic carboxylic acids is 1. The van der Waals surface area contributed by atoms with Crippen molar-refractivity contribution in [2.75, 3.05) is 25.4 Å². The molecule has 2 unspecified atom stereocenters. The molecular weight excluding hydrogens is 761 g/mol. The van der Waals surface area contributed by atoms with E-state index in [9.17, 15) is 22.0 Å². The molecule has 58 heavy (non-hydrogen) atoms. The number of pyridine rings is 1. The topological polar surface area (TPSA) is 117 Å². The second kappa shape index (κ2) is 13.9. The number of benzene rings is 3. The molecule has 0 bridgehead atoms. The summed E-state index contributed by atoms with van der Waals surface area (Å²) in [7, 11) is 0. The molecule has 2 aliphatic heterocycles. The number of aromatic amines is 1. The molecule has 3 aliphatic carbocycles. The van der Waals surface area contributed by atoms with Crippen molar-refractivity contribution < 1.29 is 41.0 Å². The Bertz CT molecular complexity index is 2450. The van der Waals surface area contributed by atoms with Gasteiger partial charge in [0.25, 0.3) is 0 Å². The summed E-state index contributed by atoms with van der Waals surface area (Å²) in [5.41, 5.74) is 12.8. The van der Waals surface area contributed by atoms with E-state index in [0.29, 0.717) is 59.0 Å². The van der Waals surface area contributed by atoms with E-state index in [1.165, 1.54) is 24.5 Å². The maximum atomic E-state index is 17.7. The first-order valence-electron chi connectivity index (χ1n) is 20.1. The van der Waals surface area contributed by atoms with Crippen LogP contribution in [0.4, 0.5) is 32.2 Å².